The number of fused-ring (bicyclic) bond motifs is 1. The second-order valence-corrected chi connectivity index (χ2v) is 7.69. The Kier molecular flexibility index (Phi) is 5.07. The number of aromatic amines is 1. The molecule has 0 atom stereocenters. The van der Waals surface area contributed by atoms with E-state index >= 15 is 0 Å². The minimum absolute atomic E-state index is 0.743. The molecule has 3 aromatic rings. The number of aryl methyl sites for hydroxylation is 3. The van der Waals surface area contributed by atoms with Crippen molar-refractivity contribution in [3.8, 4) is 0 Å². The molecular weight excluding hydrogens is 318 g/mol. The van der Waals surface area contributed by atoms with E-state index in [1.165, 1.54) is 72.3 Å². The fourth-order valence-electron chi connectivity index (χ4n) is 4.32. The molecule has 136 valence electrons. The minimum atomic E-state index is 0.743. The third-order valence-corrected chi connectivity index (χ3v) is 6.05. The van der Waals surface area contributed by atoms with Crippen LogP contribution in [0.1, 0.15) is 47.7 Å². The molecule has 2 aromatic heterocycles. The maximum absolute atomic E-state index is 4.65. The molecule has 26 heavy (non-hydrogen) atoms. The first kappa shape index (κ1) is 17.3. The Bertz CT molecular complexity index is 858. The number of benzene rings is 1. The fourth-order valence-corrected chi connectivity index (χ4v) is 4.32. The number of pyridine rings is 1. The lowest BCUT2D eigenvalue weighted by Crippen LogP contribution is -2.33. The van der Waals surface area contributed by atoms with E-state index in [0.717, 1.165) is 12.3 Å². The number of hydrogen-bond acceptors (Lipinski definition) is 2. The summed E-state index contributed by atoms with van der Waals surface area (Å²) < 4.78 is 0. The summed E-state index contributed by atoms with van der Waals surface area (Å²) in [5, 5.41) is 1.33. The number of rotatable bonds is 5. The number of hydrogen-bond donors (Lipinski definition) is 1. The van der Waals surface area contributed by atoms with Gasteiger partial charge in [0.2, 0.25) is 0 Å². The van der Waals surface area contributed by atoms with E-state index in [-0.39, 0.29) is 0 Å². The van der Waals surface area contributed by atoms with Crippen LogP contribution in [-0.4, -0.2) is 34.5 Å². The lowest BCUT2D eigenvalue weighted by Gasteiger charge is -2.32. The molecule has 0 radical (unpaired) electrons. The summed E-state index contributed by atoms with van der Waals surface area (Å²) in [5.74, 6) is 0.743. The van der Waals surface area contributed by atoms with Crippen LogP contribution in [0.25, 0.3) is 10.9 Å². The molecular formula is C23H29N3. The van der Waals surface area contributed by atoms with Crippen molar-refractivity contribution in [2.45, 2.75) is 45.4 Å². The molecule has 0 saturated carbocycles. The molecule has 0 bridgehead atoms. The quantitative estimate of drug-likeness (QED) is 0.705. The largest absolute Gasteiger partial charge is 0.357 e. The number of nitrogens with zero attached hydrogens (tertiary/aromatic N) is 2. The van der Waals surface area contributed by atoms with Crippen LogP contribution < -0.4 is 0 Å². The summed E-state index contributed by atoms with van der Waals surface area (Å²) in [6.45, 7) is 7.96. The molecule has 0 unspecified atom stereocenters. The number of piperidine rings is 1. The van der Waals surface area contributed by atoms with Crippen molar-refractivity contribution in [1.82, 2.24) is 14.9 Å². The Morgan fingerprint density at radius 3 is 2.62 bits per heavy atom. The van der Waals surface area contributed by atoms with Gasteiger partial charge in [0, 0.05) is 17.3 Å². The molecule has 3 nitrogen and oxygen atoms in total. The summed E-state index contributed by atoms with van der Waals surface area (Å²) in [6.07, 6.45) is 6.76. The average Bonchev–Trinajstić information content (AvgIpc) is 2.98. The Labute approximate surface area is 156 Å². The van der Waals surface area contributed by atoms with Crippen molar-refractivity contribution >= 4 is 10.9 Å². The molecule has 1 saturated heterocycles. The van der Waals surface area contributed by atoms with Gasteiger partial charge in [-0.15, -0.1) is 0 Å². The summed E-state index contributed by atoms with van der Waals surface area (Å²) >= 11 is 0. The fraction of sp³-hybridized carbons (Fsp3) is 0.435. The highest BCUT2D eigenvalue weighted by Gasteiger charge is 2.20. The lowest BCUT2D eigenvalue weighted by molar-refractivity contribution is 0.210. The summed E-state index contributed by atoms with van der Waals surface area (Å²) in [6, 6.07) is 13.1. The Hall–Kier alpha value is -2.13. The molecule has 1 N–H and O–H groups in total. The predicted molar refractivity (Wildman–Crippen MR) is 109 cm³/mol. The van der Waals surface area contributed by atoms with Gasteiger partial charge in [-0.3, -0.25) is 4.98 Å². The number of likely N-dealkylation sites (tertiary alicyclic amines) is 1. The zero-order valence-electron chi connectivity index (χ0n) is 16.0. The Morgan fingerprint density at radius 2 is 1.85 bits per heavy atom. The van der Waals surface area contributed by atoms with Crippen molar-refractivity contribution in [2.75, 3.05) is 19.6 Å². The van der Waals surface area contributed by atoms with Gasteiger partial charge < -0.3 is 9.88 Å². The van der Waals surface area contributed by atoms with Gasteiger partial charge in [-0.2, -0.15) is 0 Å². The molecule has 0 amide bonds. The number of aromatic nitrogens is 2. The van der Waals surface area contributed by atoms with Gasteiger partial charge in [0.1, 0.15) is 0 Å². The SMILES string of the molecule is Cc1[nH]c2c(CCCN3CCC(c4ccccc4)CC3)nccc2c1C. The van der Waals surface area contributed by atoms with Gasteiger partial charge in [0.15, 0.2) is 0 Å². The molecule has 4 rings (SSSR count). The van der Waals surface area contributed by atoms with Gasteiger partial charge in [-0.05, 0) is 82.3 Å². The van der Waals surface area contributed by atoms with Crippen molar-refractivity contribution < 1.29 is 0 Å². The van der Waals surface area contributed by atoms with Gasteiger partial charge >= 0.3 is 0 Å². The second kappa shape index (κ2) is 7.63. The molecule has 1 fully saturated rings. The summed E-state index contributed by atoms with van der Waals surface area (Å²) in [4.78, 5) is 10.8. The predicted octanol–water partition coefficient (Wildman–Crippen LogP) is 4.99. The topological polar surface area (TPSA) is 31.9 Å². The molecule has 1 aliphatic rings. The third kappa shape index (κ3) is 3.54. The van der Waals surface area contributed by atoms with Crippen LogP contribution in [0.2, 0.25) is 0 Å². The normalized spacial score (nSPS) is 16.4. The first-order valence-corrected chi connectivity index (χ1v) is 9.92. The number of nitrogens with one attached hydrogen (secondary N) is 1. The Morgan fingerprint density at radius 1 is 1.08 bits per heavy atom. The zero-order chi connectivity index (χ0) is 17.9. The van der Waals surface area contributed by atoms with E-state index in [9.17, 15) is 0 Å². The highest BCUT2D eigenvalue weighted by atomic mass is 15.1. The van der Waals surface area contributed by atoms with E-state index in [1.807, 2.05) is 6.20 Å². The van der Waals surface area contributed by atoms with Crippen molar-refractivity contribution in [1.29, 1.82) is 0 Å². The lowest BCUT2D eigenvalue weighted by atomic mass is 9.89. The summed E-state index contributed by atoms with van der Waals surface area (Å²) in [5.41, 5.74) is 6.59. The van der Waals surface area contributed by atoms with Crippen LogP contribution in [0, 0.1) is 13.8 Å². The first-order valence-electron chi connectivity index (χ1n) is 9.92. The highest BCUT2D eigenvalue weighted by Crippen LogP contribution is 2.28. The van der Waals surface area contributed by atoms with E-state index in [0.29, 0.717) is 0 Å². The van der Waals surface area contributed by atoms with Crippen LogP contribution in [0.3, 0.4) is 0 Å². The Balaban J connectivity index is 1.30. The van der Waals surface area contributed by atoms with Gasteiger partial charge in [0.05, 0.1) is 11.2 Å². The van der Waals surface area contributed by atoms with E-state index in [4.69, 9.17) is 0 Å². The molecule has 1 aromatic carbocycles. The number of H-pyrrole nitrogens is 1. The van der Waals surface area contributed by atoms with E-state index in [2.05, 4.69) is 65.1 Å². The van der Waals surface area contributed by atoms with E-state index < -0.39 is 0 Å². The molecule has 0 spiro atoms. The minimum Gasteiger partial charge on any atom is -0.357 e. The second-order valence-electron chi connectivity index (χ2n) is 7.69. The third-order valence-electron chi connectivity index (χ3n) is 6.05. The van der Waals surface area contributed by atoms with Crippen LogP contribution in [-0.2, 0) is 6.42 Å². The molecule has 0 aliphatic carbocycles. The van der Waals surface area contributed by atoms with E-state index in [1.54, 1.807) is 0 Å². The van der Waals surface area contributed by atoms with Gasteiger partial charge in [-0.1, -0.05) is 30.3 Å². The van der Waals surface area contributed by atoms with Crippen LogP contribution >= 0.6 is 0 Å². The maximum atomic E-state index is 4.65. The standard InChI is InChI=1S/C23H29N3/c1-17-18(2)25-23-21(17)10-13-24-22(23)9-6-14-26-15-11-20(12-16-26)19-7-4-3-5-8-19/h3-5,7-8,10,13,20,25H,6,9,11-12,14-16H2,1-2H3. The van der Waals surface area contributed by atoms with Crippen LogP contribution in [0.5, 0.6) is 0 Å². The van der Waals surface area contributed by atoms with Crippen molar-refractivity contribution in [2.24, 2.45) is 0 Å². The monoisotopic (exact) mass is 347 g/mol. The maximum Gasteiger partial charge on any atom is 0.0677 e. The first-order chi connectivity index (χ1) is 12.7. The van der Waals surface area contributed by atoms with Gasteiger partial charge in [-0.25, -0.2) is 0 Å². The highest BCUT2D eigenvalue weighted by molar-refractivity contribution is 5.85. The molecule has 1 aliphatic heterocycles. The average molecular weight is 348 g/mol. The summed E-state index contributed by atoms with van der Waals surface area (Å²) in [7, 11) is 0. The zero-order valence-corrected chi connectivity index (χ0v) is 16.0. The van der Waals surface area contributed by atoms with Crippen molar-refractivity contribution in [3.05, 3.63) is 65.1 Å². The van der Waals surface area contributed by atoms with Crippen LogP contribution in [0.15, 0.2) is 42.6 Å². The van der Waals surface area contributed by atoms with Crippen LogP contribution in [0.4, 0.5) is 0 Å². The van der Waals surface area contributed by atoms with Gasteiger partial charge in [0.25, 0.3) is 0 Å². The van der Waals surface area contributed by atoms with Crippen molar-refractivity contribution in [3.63, 3.8) is 0 Å². The smallest absolute Gasteiger partial charge is 0.0677 e. The molecule has 3 heteroatoms. The molecule has 3 heterocycles.